The van der Waals surface area contributed by atoms with Gasteiger partial charge < -0.3 is 4.74 Å². The van der Waals surface area contributed by atoms with E-state index in [1.54, 1.807) is 4.72 Å². The van der Waals surface area contributed by atoms with Crippen LogP contribution in [0.2, 0.25) is 5.02 Å². The summed E-state index contributed by atoms with van der Waals surface area (Å²) in [5.41, 5.74) is -1.78. The SMILES string of the molecule is [2H]C1=C(C(=O)OCC)[C@]([2H])(S(=O)(=O)Nc2c([2H])c([2H])c(F)c([2H])c2Cl)CC([2H])([2H])C1. The van der Waals surface area contributed by atoms with Gasteiger partial charge in [-0.25, -0.2) is 17.6 Å². The number of sulfonamides is 1. The topological polar surface area (TPSA) is 72.5 Å². The van der Waals surface area contributed by atoms with E-state index in [1.807, 2.05) is 0 Å². The predicted octanol–water partition coefficient (Wildman–Crippen LogP) is 3.26. The van der Waals surface area contributed by atoms with E-state index in [0.717, 1.165) is 0 Å². The fourth-order valence-electron chi connectivity index (χ4n) is 1.76. The summed E-state index contributed by atoms with van der Waals surface area (Å²) < 4.78 is 101. The van der Waals surface area contributed by atoms with E-state index in [-0.39, 0.29) is 6.61 Å². The van der Waals surface area contributed by atoms with Crippen molar-refractivity contribution in [3.05, 3.63) is 40.6 Å². The summed E-state index contributed by atoms with van der Waals surface area (Å²) in [5, 5.41) is -3.92. The van der Waals surface area contributed by atoms with Gasteiger partial charge in [-0.3, -0.25) is 4.72 Å². The van der Waals surface area contributed by atoms with Gasteiger partial charge in [-0.15, -0.1) is 0 Å². The van der Waals surface area contributed by atoms with Crippen LogP contribution in [0.4, 0.5) is 10.1 Å². The highest BCUT2D eigenvalue weighted by atomic mass is 35.5. The van der Waals surface area contributed by atoms with Gasteiger partial charge in [0.05, 0.1) is 29.7 Å². The number of hydrogen-bond donors (Lipinski definition) is 1. The van der Waals surface area contributed by atoms with Gasteiger partial charge in [0, 0.05) is 2.74 Å². The van der Waals surface area contributed by atoms with Gasteiger partial charge in [-0.2, -0.15) is 0 Å². The Morgan fingerprint density at radius 1 is 1.65 bits per heavy atom. The number of ether oxygens (including phenoxy) is 1. The molecule has 0 fully saturated rings. The number of anilines is 1. The molecule has 0 aromatic heterocycles. The lowest BCUT2D eigenvalue weighted by molar-refractivity contribution is -0.138. The van der Waals surface area contributed by atoms with Crippen LogP contribution < -0.4 is 4.72 Å². The van der Waals surface area contributed by atoms with E-state index in [1.165, 1.54) is 6.92 Å². The number of carbonyl (C=O) groups excluding carboxylic acids is 1. The number of rotatable bonds is 5. The lowest BCUT2D eigenvalue weighted by atomic mass is 9.99. The molecule has 0 amide bonds. The number of benzene rings is 1. The summed E-state index contributed by atoms with van der Waals surface area (Å²) in [6.07, 6.45) is -4.04. The number of nitrogens with one attached hydrogen (secondary N) is 1. The minimum atomic E-state index is -5.14. The summed E-state index contributed by atoms with van der Waals surface area (Å²) >= 11 is 5.77. The summed E-state index contributed by atoms with van der Waals surface area (Å²) in [4.78, 5) is 12.3. The highest BCUT2D eigenvalue weighted by molar-refractivity contribution is 7.93. The van der Waals surface area contributed by atoms with Crippen LogP contribution in [0.3, 0.4) is 0 Å². The van der Waals surface area contributed by atoms with Crippen molar-refractivity contribution in [3.63, 3.8) is 0 Å². The molecule has 0 bridgehead atoms. The van der Waals surface area contributed by atoms with Gasteiger partial charge in [0.1, 0.15) is 11.0 Å². The number of allylic oxidation sites excluding steroid dienone is 1. The zero-order chi connectivity index (χ0) is 23.2. The van der Waals surface area contributed by atoms with Crippen molar-refractivity contribution in [2.24, 2.45) is 0 Å². The van der Waals surface area contributed by atoms with Crippen molar-refractivity contribution in [1.29, 1.82) is 0 Å². The molecular formula is C15H17ClFNO4S. The molecule has 0 heterocycles. The second-order valence-corrected chi connectivity index (χ2v) is 6.36. The van der Waals surface area contributed by atoms with Crippen molar-refractivity contribution in [2.45, 2.75) is 31.4 Å². The van der Waals surface area contributed by atoms with Gasteiger partial charge in [0.25, 0.3) is 0 Å². The minimum absolute atomic E-state index is 0.197. The highest BCUT2D eigenvalue weighted by Gasteiger charge is 2.35. The van der Waals surface area contributed by atoms with Crippen LogP contribution in [0.5, 0.6) is 0 Å². The third-order valence-electron chi connectivity index (χ3n) is 2.73. The number of esters is 1. The minimum Gasteiger partial charge on any atom is -0.463 e. The maximum atomic E-state index is 13.8. The van der Waals surface area contributed by atoms with E-state index in [4.69, 9.17) is 25.9 Å². The lowest BCUT2D eigenvalue weighted by Crippen LogP contribution is -2.34. The molecular weight excluding hydrogens is 345 g/mol. The van der Waals surface area contributed by atoms with Crippen molar-refractivity contribution >= 4 is 33.3 Å². The molecule has 23 heavy (non-hydrogen) atoms. The summed E-state index contributed by atoms with van der Waals surface area (Å²) in [6, 6.07) is -3.95. The summed E-state index contributed by atoms with van der Waals surface area (Å²) in [6.45, 7) is 1.22. The monoisotopic (exact) mass is 368 g/mol. The first-order chi connectivity index (χ1) is 13.6. The second kappa shape index (κ2) is 7.31. The van der Waals surface area contributed by atoms with E-state index < -0.39 is 86.7 Å². The normalized spacial score (nSPS) is 28.4. The summed E-state index contributed by atoms with van der Waals surface area (Å²) in [7, 11) is -5.14. The molecule has 1 aliphatic carbocycles. The Balaban J connectivity index is 2.70. The predicted molar refractivity (Wildman–Crippen MR) is 86.3 cm³/mol. The molecule has 126 valence electrons. The Morgan fingerprint density at radius 3 is 3.09 bits per heavy atom. The van der Waals surface area contributed by atoms with E-state index >= 15 is 0 Å². The molecule has 2 rings (SSSR count). The molecule has 1 aromatic rings. The van der Waals surface area contributed by atoms with Crippen molar-refractivity contribution < 1.29 is 31.9 Å². The van der Waals surface area contributed by atoms with Crippen LogP contribution in [0.1, 0.15) is 35.7 Å². The quantitative estimate of drug-likeness (QED) is 0.809. The number of carbonyl (C=O) groups is 1. The Kier molecular flexibility index (Phi) is 3.28. The lowest BCUT2D eigenvalue weighted by Gasteiger charge is -2.24. The molecule has 8 heteroatoms. The van der Waals surface area contributed by atoms with E-state index in [2.05, 4.69) is 0 Å². The van der Waals surface area contributed by atoms with Crippen molar-refractivity contribution in [1.82, 2.24) is 0 Å². The molecule has 0 saturated heterocycles. The van der Waals surface area contributed by atoms with Crippen LogP contribution in [-0.4, -0.2) is 26.2 Å². The van der Waals surface area contributed by atoms with Gasteiger partial charge in [-0.05, 0) is 44.3 Å². The van der Waals surface area contributed by atoms with Crippen LogP contribution in [0.15, 0.2) is 29.8 Å². The molecule has 0 radical (unpaired) electrons. The Hall–Kier alpha value is -1.60. The highest BCUT2D eigenvalue weighted by Crippen LogP contribution is 2.30. The first-order valence-corrected chi connectivity index (χ1v) is 8.30. The van der Waals surface area contributed by atoms with Crippen LogP contribution in [-0.2, 0) is 19.6 Å². The smallest absolute Gasteiger partial charge is 0.335 e. The molecule has 0 spiro atoms. The van der Waals surface area contributed by atoms with Gasteiger partial charge in [0.15, 0.2) is 0 Å². The van der Waals surface area contributed by atoms with Gasteiger partial charge in [0.2, 0.25) is 10.0 Å². The first-order valence-electron chi connectivity index (χ1n) is 9.94. The largest absolute Gasteiger partial charge is 0.463 e. The second-order valence-electron chi connectivity index (χ2n) is 4.28. The third kappa shape index (κ3) is 4.23. The zero-order valence-electron chi connectivity index (χ0n) is 18.9. The summed E-state index contributed by atoms with van der Waals surface area (Å²) in [5.74, 6) is -2.75. The standard InChI is InChI=1S/C15H17ClFNO4S/c1-2-22-15(19)11-5-3-4-6-14(11)23(20,21)18-13-8-7-10(17)9-12(13)16/h5,7-9,14,18H,2-4,6H2,1H3/t14-/m1/s1/i4D2,5D,7D,8D,9D,14D. The van der Waals surface area contributed by atoms with Crippen LogP contribution >= 0.6 is 11.6 Å². The Bertz CT molecular complexity index is 1020. The van der Waals surface area contributed by atoms with Crippen LogP contribution in [0, 0.1) is 5.82 Å². The van der Waals surface area contributed by atoms with Crippen LogP contribution in [0.25, 0.3) is 0 Å². The number of halogens is 2. The van der Waals surface area contributed by atoms with E-state index in [9.17, 15) is 17.6 Å². The Morgan fingerprint density at radius 2 is 2.39 bits per heavy atom. The maximum Gasteiger partial charge on any atom is 0.335 e. The number of hydrogen-bond acceptors (Lipinski definition) is 4. The molecule has 0 saturated carbocycles. The fourth-order valence-corrected chi connectivity index (χ4v) is 3.26. The van der Waals surface area contributed by atoms with Crippen molar-refractivity contribution in [3.8, 4) is 0 Å². The molecule has 5 nitrogen and oxygen atoms in total. The van der Waals surface area contributed by atoms with Crippen molar-refractivity contribution in [2.75, 3.05) is 11.3 Å². The molecule has 1 atom stereocenters. The fraction of sp³-hybridized carbons (Fsp3) is 0.400. The average molecular weight is 369 g/mol. The molecule has 0 unspecified atom stereocenters. The maximum absolute atomic E-state index is 13.8. The Labute approximate surface area is 149 Å². The molecule has 0 aliphatic heterocycles. The third-order valence-corrected chi connectivity index (χ3v) is 4.48. The van der Waals surface area contributed by atoms with Gasteiger partial charge >= 0.3 is 5.97 Å². The zero-order valence-corrected chi connectivity index (χ0v) is 13.5. The molecule has 1 aromatic carbocycles. The first kappa shape index (κ1) is 10.3. The average Bonchev–Trinajstić information content (AvgIpc) is 2.60. The molecule has 1 N–H and O–H groups in total. The molecule has 1 aliphatic rings. The van der Waals surface area contributed by atoms with E-state index in [0.29, 0.717) is 0 Å². The van der Waals surface area contributed by atoms with Gasteiger partial charge in [-0.1, -0.05) is 17.7 Å².